The molecule has 0 aliphatic heterocycles. The SMILES string of the molecule is CCN(CCC#N)C(=O)CC1(CC(=O)O)CCCC1. The number of carbonyl (C=O) groups is 2. The lowest BCUT2D eigenvalue weighted by molar-refractivity contribution is -0.141. The van der Waals surface area contributed by atoms with Gasteiger partial charge in [0.15, 0.2) is 0 Å². The standard InChI is InChI=1S/C14H22N2O3/c1-2-16(9-5-8-15)12(17)10-14(11-13(18)19)6-3-4-7-14/h2-7,9-11H2,1H3,(H,18,19). The highest BCUT2D eigenvalue weighted by molar-refractivity contribution is 5.78. The fraction of sp³-hybridized carbons (Fsp3) is 0.786. The zero-order valence-corrected chi connectivity index (χ0v) is 11.5. The van der Waals surface area contributed by atoms with Crippen molar-refractivity contribution in [3.05, 3.63) is 0 Å². The Labute approximate surface area is 114 Å². The molecule has 19 heavy (non-hydrogen) atoms. The molecule has 5 heteroatoms. The Kier molecular flexibility index (Phi) is 5.81. The molecule has 0 bridgehead atoms. The van der Waals surface area contributed by atoms with Gasteiger partial charge in [-0.3, -0.25) is 9.59 Å². The van der Waals surface area contributed by atoms with Crippen LogP contribution in [0.3, 0.4) is 0 Å². The summed E-state index contributed by atoms with van der Waals surface area (Å²) in [4.78, 5) is 24.9. The van der Waals surface area contributed by atoms with Crippen LogP contribution in [0.1, 0.15) is 51.9 Å². The van der Waals surface area contributed by atoms with Crippen LogP contribution in [0.4, 0.5) is 0 Å². The molecule has 5 nitrogen and oxygen atoms in total. The summed E-state index contributed by atoms with van der Waals surface area (Å²) in [7, 11) is 0. The van der Waals surface area contributed by atoms with E-state index in [1.807, 2.05) is 13.0 Å². The summed E-state index contributed by atoms with van der Waals surface area (Å²) in [5, 5.41) is 17.6. The second kappa shape index (κ2) is 7.13. The average Bonchev–Trinajstić information content (AvgIpc) is 2.77. The van der Waals surface area contributed by atoms with Crippen LogP contribution in [0.2, 0.25) is 0 Å². The molecule has 0 heterocycles. The maximum atomic E-state index is 12.2. The molecule has 0 saturated heterocycles. The molecule has 0 spiro atoms. The first-order valence-electron chi connectivity index (χ1n) is 6.89. The fourth-order valence-corrected chi connectivity index (χ4v) is 2.94. The van der Waals surface area contributed by atoms with E-state index in [0.717, 1.165) is 25.7 Å². The Morgan fingerprint density at radius 3 is 2.42 bits per heavy atom. The van der Waals surface area contributed by atoms with Crippen molar-refractivity contribution < 1.29 is 14.7 Å². The summed E-state index contributed by atoms with van der Waals surface area (Å²) in [6.07, 6.45) is 4.36. The molecule has 1 rings (SSSR count). The number of amides is 1. The molecule has 0 unspecified atom stereocenters. The Morgan fingerprint density at radius 2 is 1.95 bits per heavy atom. The number of nitrogens with zero attached hydrogens (tertiary/aromatic N) is 2. The van der Waals surface area contributed by atoms with Gasteiger partial charge in [-0.1, -0.05) is 12.8 Å². The number of hydrogen-bond acceptors (Lipinski definition) is 3. The van der Waals surface area contributed by atoms with Crippen LogP contribution < -0.4 is 0 Å². The van der Waals surface area contributed by atoms with Crippen LogP contribution in [0.15, 0.2) is 0 Å². The van der Waals surface area contributed by atoms with E-state index >= 15 is 0 Å². The quantitative estimate of drug-likeness (QED) is 0.765. The van der Waals surface area contributed by atoms with Gasteiger partial charge >= 0.3 is 5.97 Å². The minimum atomic E-state index is -0.824. The van der Waals surface area contributed by atoms with Crippen molar-refractivity contribution >= 4 is 11.9 Å². The molecule has 0 atom stereocenters. The van der Waals surface area contributed by atoms with Gasteiger partial charge in [0.1, 0.15) is 0 Å². The Hall–Kier alpha value is -1.57. The highest BCUT2D eigenvalue weighted by Crippen LogP contribution is 2.44. The molecule has 0 aromatic carbocycles. The lowest BCUT2D eigenvalue weighted by Crippen LogP contribution is -2.36. The number of hydrogen-bond donors (Lipinski definition) is 1. The van der Waals surface area contributed by atoms with Crippen LogP contribution in [-0.4, -0.2) is 35.0 Å². The van der Waals surface area contributed by atoms with Crippen LogP contribution >= 0.6 is 0 Å². The predicted octanol–water partition coefficient (Wildman–Crippen LogP) is 2.17. The molecular weight excluding hydrogens is 244 g/mol. The van der Waals surface area contributed by atoms with E-state index in [1.54, 1.807) is 4.90 Å². The van der Waals surface area contributed by atoms with Crippen LogP contribution in [0, 0.1) is 16.7 Å². The largest absolute Gasteiger partial charge is 0.481 e. The molecule has 1 saturated carbocycles. The topological polar surface area (TPSA) is 81.4 Å². The third kappa shape index (κ3) is 4.55. The maximum Gasteiger partial charge on any atom is 0.303 e. The van der Waals surface area contributed by atoms with Crippen molar-refractivity contribution in [3.63, 3.8) is 0 Å². The fourth-order valence-electron chi connectivity index (χ4n) is 2.94. The van der Waals surface area contributed by atoms with Gasteiger partial charge < -0.3 is 10.0 Å². The van der Waals surface area contributed by atoms with Gasteiger partial charge in [-0.15, -0.1) is 0 Å². The second-order valence-electron chi connectivity index (χ2n) is 5.34. The van der Waals surface area contributed by atoms with Crippen molar-refractivity contribution in [1.29, 1.82) is 5.26 Å². The first kappa shape index (κ1) is 15.5. The molecule has 1 N–H and O–H groups in total. The predicted molar refractivity (Wildman–Crippen MR) is 70.3 cm³/mol. The molecule has 0 aromatic rings. The lowest BCUT2D eigenvalue weighted by atomic mass is 9.79. The van der Waals surface area contributed by atoms with Crippen LogP contribution in [0.5, 0.6) is 0 Å². The minimum Gasteiger partial charge on any atom is -0.481 e. The third-order valence-electron chi connectivity index (χ3n) is 3.94. The van der Waals surface area contributed by atoms with Crippen LogP contribution in [-0.2, 0) is 9.59 Å². The number of carboxylic acid groups (broad SMARTS) is 1. The summed E-state index contributed by atoms with van der Waals surface area (Å²) >= 11 is 0. The summed E-state index contributed by atoms with van der Waals surface area (Å²) < 4.78 is 0. The second-order valence-corrected chi connectivity index (χ2v) is 5.34. The molecule has 1 fully saturated rings. The van der Waals surface area contributed by atoms with Gasteiger partial charge in [0.2, 0.25) is 5.91 Å². The summed E-state index contributed by atoms with van der Waals surface area (Å²) in [5.74, 6) is -0.837. The first-order chi connectivity index (χ1) is 9.03. The monoisotopic (exact) mass is 266 g/mol. The molecule has 1 aliphatic carbocycles. The smallest absolute Gasteiger partial charge is 0.303 e. The normalized spacial score (nSPS) is 16.8. The average molecular weight is 266 g/mol. The van der Waals surface area contributed by atoms with E-state index in [9.17, 15) is 9.59 Å². The number of aliphatic carboxylic acids is 1. The summed E-state index contributed by atoms with van der Waals surface area (Å²) in [6.45, 7) is 2.90. The molecule has 0 aromatic heterocycles. The van der Waals surface area contributed by atoms with Crippen molar-refractivity contribution in [1.82, 2.24) is 4.90 Å². The lowest BCUT2D eigenvalue weighted by Gasteiger charge is -2.29. The van der Waals surface area contributed by atoms with Gasteiger partial charge in [-0.25, -0.2) is 0 Å². The Bertz CT molecular complexity index is 367. The number of rotatable bonds is 7. The van der Waals surface area contributed by atoms with Gasteiger partial charge in [0.25, 0.3) is 0 Å². The summed E-state index contributed by atoms with van der Waals surface area (Å²) in [5.41, 5.74) is -0.358. The molecule has 0 radical (unpaired) electrons. The first-order valence-corrected chi connectivity index (χ1v) is 6.89. The minimum absolute atomic E-state index is 0.0131. The number of carboxylic acids is 1. The van der Waals surface area contributed by atoms with Gasteiger partial charge in [0, 0.05) is 19.5 Å². The van der Waals surface area contributed by atoms with Gasteiger partial charge in [-0.05, 0) is 25.2 Å². The zero-order valence-electron chi connectivity index (χ0n) is 11.5. The summed E-state index contributed by atoms with van der Waals surface area (Å²) in [6, 6.07) is 2.03. The van der Waals surface area contributed by atoms with Crippen molar-refractivity contribution in [2.45, 2.75) is 51.9 Å². The zero-order chi connectivity index (χ0) is 14.3. The van der Waals surface area contributed by atoms with E-state index in [0.29, 0.717) is 25.9 Å². The van der Waals surface area contributed by atoms with E-state index in [2.05, 4.69) is 0 Å². The van der Waals surface area contributed by atoms with E-state index in [-0.39, 0.29) is 17.7 Å². The van der Waals surface area contributed by atoms with E-state index in [1.165, 1.54) is 0 Å². The van der Waals surface area contributed by atoms with E-state index < -0.39 is 5.97 Å². The van der Waals surface area contributed by atoms with E-state index in [4.69, 9.17) is 10.4 Å². The van der Waals surface area contributed by atoms with Crippen molar-refractivity contribution in [3.8, 4) is 6.07 Å². The van der Waals surface area contributed by atoms with Gasteiger partial charge in [0.05, 0.1) is 18.9 Å². The van der Waals surface area contributed by atoms with Gasteiger partial charge in [-0.2, -0.15) is 5.26 Å². The Balaban J connectivity index is 2.65. The molecule has 106 valence electrons. The maximum absolute atomic E-state index is 12.2. The van der Waals surface area contributed by atoms with Crippen molar-refractivity contribution in [2.75, 3.05) is 13.1 Å². The Morgan fingerprint density at radius 1 is 1.32 bits per heavy atom. The van der Waals surface area contributed by atoms with Crippen molar-refractivity contribution in [2.24, 2.45) is 5.41 Å². The number of carbonyl (C=O) groups excluding carboxylic acids is 1. The molecule has 1 amide bonds. The third-order valence-corrected chi connectivity index (χ3v) is 3.94. The molecule has 1 aliphatic rings. The highest BCUT2D eigenvalue weighted by atomic mass is 16.4. The number of nitriles is 1. The van der Waals surface area contributed by atoms with Crippen LogP contribution in [0.25, 0.3) is 0 Å². The highest BCUT2D eigenvalue weighted by Gasteiger charge is 2.38. The molecular formula is C14H22N2O3.